The van der Waals surface area contributed by atoms with Crippen LogP contribution in [0.2, 0.25) is 0 Å². The van der Waals surface area contributed by atoms with Gasteiger partial charge in [-0.15, -0.1) is 0 Å². The van der Waals surface area contributed by atoms with E-state index in [0.717, 1.165) is 24.0 Å². The number of amides is 3. The fraction of sp³-hybridized carbons (Fsp3) is 0.400. The normalized spacial score (nSPS) is 22.0. The first-order chi connectivity index (χ1) is 15.3. The number of hydrogen-bond acceptors (Lipinski definition) is 3. The monoisotopic (exact) mass is 435 g/mol. The van der Waals surface area contributed by atoms with E-state index in [1.165, 1.54) is 11.0 Å². The highest BCUT2D eigenvalue weighted by Crippen LogP contribution is 2.44. The Hall–Kier alpha value is -3.22. The number of nitrogens with zero attached hydrogens (tertiary/aromatic N) is 3. The van der Waals surface area contributed by atoms with Gasteiger partial charge >= 0.3 is 0 Å². The molecule has 0 spiro atoms. The van der Waals surface area contributed by atoms with Crippen LogP contribution in [0.3, 0.4) is 0 Å². The van der Waals surface area contributed by atoms with Crippen molar-refractivity contribution in [1.82, 2.24) is 4.90 Å². The number of benzene rings is 2. The Morgan fingerprint density at radius 1 is 1.16 bits per heavy atom. The molecule has 1 fully saturated rings. The second-order valence-electron chi connectivity index (χ2n) is 9.07. The van der Waals surface area contributed by atoms with Gasteiger partial charge in [-0.1, -0.05) is 18.2 Å². The number of carbonyl (C=O) groups excluding carboxylic acids is 3. The lowest BCUT2D eigenvalue weighted by atomic mass is 9.97. The maximum Gasteiger partial charge on any atom is 0.257 e. The molecule has 7 heteroatoms. The van der Waals surface area contributed by atoms with E-state index < -0.39 is 5.66 Å². The van der Waals surface area contributed by atoms with Gasteiger partial charge in [-0.3, -0.25) is 19.3 Å². The topological polar surface area (TPSA) is 60.9 Å². The fourth-order valence-electron chi connectivity index (χ4n) is 5.47. The van der Waals surface area contributed by atoms with Gasteiger partial charge in [0.2, 0.25) is 11.8 Å². The molecule has 32 heavy (non-hydrogen) atoms. The number of anilines is 2. The average molecular weight is 435 g/mol. The van der Waals surface area contributed by atoms with E-state index in [1.54, 1.807) is 28.0 Å². The standard InChI is InChI=1S/C25H26FN3O3/c1-16-14-17-6-5-12-27(23(17)19(26)15-16)21(30)10-13-28-24(32)18-7-3-4-8-20(18)29-22(31)9-11-25(28,29)2/h3-4,7-8,14-15H,5-6,9-13H2,1-2H3. The lowest BCUT2D eigenvalue weighted by molar-refractivity contribution is -0.119. The molecule has 3 heterocycles. The van der Waals surface area contributed by atoms with Gasteiger partial charge in [-0.05, 0) is 62.4 Å². The molecular formula is C25H26FN3O3. The van der Waals surface area contributed by atoms with Gasteiger partial charge in [-0.25, -0.2) is 4.39 Å². The minimum Gasteiger partial charge on any atom is -0.315 e. The lowest BCUT2D eigenvalue weighted by Crippen LogP contribution is -2.62. The maximum atomic E-state index is 14.7. The third kappa shape index (κ3) is 3.02. The molecule has 1 unspecified atom stereocenters. The van der Waals surface area contributed by atoms with Gasteiger partial charge in [0, 0.05) is 25.9 Å². The van der Waals surface area contributed by atoms with Crippen LogP contribution in [-0.2, 0) is 16.0 Å². The van der Waals surface area contributed by atoms with E-state index in [0.29, 0.717) is 36.3 Å². The van der Waals surface area contributed by atoms with Crippen molar-refractivity contribution in [1.29, 1.82) is 0 Å². The Morgan fingerprint density at radius 3 is 2.75 bits per heavy atom. The Morgan fingerprint density at radius 2 is 1.94 bits per heavy atom. The SMILES string of the molecule is Cc1cc(F)c2c(c1)CCCN2C(=O)CCN1C(=O)c2ccccc2N2C(=O)CCC12C. The fourth-order valence-corrected chi connectivity index (χ4v) is 5.47. The van der Waals surface area contributed by atoms with Crippen LogP contribution in [0.15, 0.2) is 36.4 Å². The molecule has 3 amide bonds. The first-order valence-corrected chi connectivity index (χ1v) is 11.1. The molecule has 0 saturated carbocycles. The van der Waals surface area contributed by atoms with Crippen molar-refractivity contribution in [2.24, 2.45) is 0 Å². The molecule has 0 N–H and O–H groups in total. The van der Waals surface area contributed by atoms with Gasteiger partial charge in [-0.2, -0.15) is 0 Å². The van der Waals surface area contributed by atoms with Crippen LogP contribution in [0.1, 0.15) is 54.1 Å². The highest BCUT2D eigenvalue weighted by molar-refractivity contribution is 6.10. The molecule has 0 bridgehead atoms. The molecule has 2 aromatic carbocycles. The highest BCUT2D eigenvalue weighted by atomic mass is 19.1. The summed E-state index contributed by atoms with van der Waals surface area (Å²) < 4.78 is 14.7. The largest absolute Gasteiger partial charge is 0.315 e. The smallest absolute Gasteiger partial charge is 0.257 e. The van der Waals surface area contributed by atoms with E-state index in [4.69, 9.17) is 0 Å². The minimum absolute atomic E-state index is 0.0221. The summed E-state index contributed by atoms with van der Waals surface area (Å²) in [5, 5.41) is 0. The predicted octanol–water partition coefficient (Wildman–Crippen LogP) is 3.80. The zero-order chi connectivity index (χ0) is 22.6. The maximum absolute atomic E-state index is 14.7. The van der Waals surface area contributed by atoms with Crippen LogP contribution >= 0.6 is 0 Å². The molecule has 2 aromatic rings. The van der Waals surface area contributed by atoms with Crippen molar-refractivity contribution in [2.45, 2.75) is 51.6 Å². The Balaban J connectivity index is 1.42. The molecule has 0 aliphatic carbocycles. The molecule has 1 atom stereocenters. The minimum atomic E-state index is -0.801. The van der Waals surface area contributed by atoms with Gasteiger partial charge in [0.05, 0.1) is 16.9 Å². The van der Waals surface area contributed by atoms with Crippen molar-refractivity contribution < 1.29 is 18.8 Å². The van der Waals surface area contributed by atoms with E-state index in [-0.39, 0.29) is 36.5 Å². The quantitative estimate of drug-likeness (QED) is 0.737. The molecule has 1 saturated heterocycles. The number of carbonyl (C=O) groups is 3. The summed E-state index contributed by atoms with van der Waals surface area (Å²) >= 11 is 0. The highest BCUT2D eigenvalue weighted by Gasteiger charge is 2.52. The van der Waals surface area contributed by atoms with Crippen molar-refractivity contribution in [3.05, 3.63) is 58.9 Å². The first kappa shape index (κ1) is 20.7. The van der Waals surface area contributed by atoms with E-state index in [1.807, 2.05) is 26.0 Å². The number of hydrogen-bond donors (Lipinski definition) is 0. The summed E-state index contributed by atoms with van der Waals surface area (Å²) in [5.41, 5.74) is 2.36. The summed E-state index contributed by atoms with van der Waals surface area (Å²) in [6.45, 7) is 4.37. The molecule has 166 valence electrons. The van der Waals surface area contributed by atoms with Crippen LogP contribution in [0.4, 0.5) is 15.8 Å². The molecule has 3 aliphatic heterocycles. The Labute approximate surface area is 186 Å². The van der Waals surface area contributed by atoms with Crippen molar-refractivity contribution >= 4 is 29.1 Å². The average Bonchev–Trinajstić information content (AvgIpc) is 3.08. The predicted molar refractivity (Wildman–Crippen MR) is 119 cm³/mol. The summed E-state index contributed by atoms with van der Waals surface area (Å²) in [5.74, 6) is -0.788. The third-order valence-electron chi connectivity index (χ3n) is 6.98. The van der Waals surface area contributed by atoms with Crippen molar-refractivity contribution in [3.8, 4) is 0 Å². The summed E-state index contributed by atoms with van der Waals surface area (Å²) in [7, 11) is 0. The summed E-state index contributed by atoms with van der Waals surface area (Å²) in [6.07, 6.45) is 2.46. The van der Waals surface area contributed by atoms with Gasteiger partial charge in [0.25, 0.3) is 5.91 Å². The lowest BCUT2D eigenvalue weighted by Gasteiger charge is -2.48. The summed E-state index contributed by atoms with van der Waals surface area (Å²) in [4.78, 5) is 44.1. The Bertz CT molecular complexity index is 1150. The number of rotatable bonds is 3. The Kier molecular flexibility index (Phi) is 4.80. The molecule has 6 nitrogen and oxygen atoms in total. The van der Waals surface area contributed by atoms with Crippen LogP contribution < -0.4 is 9.80 Å². The second kappa shape index (κ2) is 7.43. The van der Waals surface area contributed by atoms with Crippen LogP contribution in [0, 0.1) is 12.7 Å². The van der Waals surface area contributed by atoms with Crippen LogP contribution in [0.5, 0.6) is 0 Å². The van der Waals surface area contributed by atoms with Gasteiger partial charge < -0.3 is 9.80 Å². The number of fused-ring (bicyclic) bond motifs is 4. The molecule has 5 rings (SSSR count). The number of aryl methyl sites for hydroxylation is 2. The molecule has 0 aromatic heterocycles. The van der Waals surface area contributed by atoms with E-state index >= 15 is 0 Å². The van der Waals surface area contributed by atoms with Crippen LogP contribution in [-0.4, -0.2) is 41.4 Å². The van der Waals surface area contributed by atoms with Crippen LogP contribution in [0.25, 0.3) is 0 Å². The zero-order valence-electron chi connectivity index (χ0n) is 18.4. The van der Waals surface area contributed by atoms with Gasteiger partial charge in [0.1, 0.15) is 11.5 Å². The molecular weight excluding hydrogens is 409 g/mol. The first-order valence-electron chi connectivity index (χ1n) is 11.1. The number of halogens is 1. The van der Waals surface area contributed by atoms with Gasteiger partial charge in [0.15, 0.2) is 0 Å². The third-order valence-corrected chi connectivity index (χ3v) is 6.98. The second-order valence-corrected chi connectivity index (χ2v) is 9.07. The number of para-hydroxylation sites is 1. The van der Waals surface area contributed by atoms with Crippen molar-refractivity contribution in [3.63, 3.8) is 0 Å². The molecule has 3 aliphatic rings. The summed E-state index contributed by atoms with van der Waals surface area (Å²) in [6, 6.07) is 10.5. The molecule has 0 radical (unpaired) electrons. The van der Waals surface area contributed by atoms with E-state index in [9.17, 15) is 18.8 Å². The van der Waals surface area contributed by atoms with E-state index in [2.05, 4.69) is 0 Å². The zero-order valence-corrected chi connectivity index (χ0v) is 18.4. The van der Waals surface area contributed by atoms with Crippen molar-refractivity contribution in [2.75, 3.05) is 22.9 Å².